The van der Waals surface area contributed by atoms with Gasteiger partial charge in [-0.3, -0.25) is 0 Å². The summed E-state index contributed by atoms with van der Waals surface area (Å²) in [5.74, 6) is -0.397. The van der Waals surface area contributed by atoms with Gasteiger partial charge in [0.15, 0.2) is 0 Å². The maximum absolute atomic E-state index is 11.4. The predicted octanol–water partition coefficient (Wildman–Crippen LogP) is 2.90. The lowest BCUT2D eigenvalue weighted by Crippen LogP contribution is -2.15. The Morgan fingerprint density at radius 3 is 2.74 bits per heavy atom. The Morgan fingerprint density at radius 2 is 2.16 bits per heavy atom. The van der Waals surface area contributed by atoms with Crippen LogP contribution in [0.4, 0.5) is 0 Å². The number of rotatable bonds is 7. The molecule has 0 aliphatic rings. The minimum atomic E-state index is -0.397. The minimum absolute atomic E-state index is 0.0467. The molecule has 1 aromatic carbocycles. The second-order valence-electron chi connectivity index (χ2n) is 4.37. The van der Waals surface area contributed by atoms with Gasteiger partial charge < -0.3 is 9.16 Å². The SMILES string of the molecule is C=CC(=O)OC(CC)c1ccccc1CC(C)O[Si]. The molecule has 0 spiro atoms. The fourth-order valence-corrected chi connectivity index (χ4v) is 2.02. The fourth-order valence-electron chi connectivity index (χ4n) is 1.94. The molecule has 0 heterocycles. The second kappa shape index (κ2) is 7.91. The van der Waals surface area contributed by atoms with Gasteiger partial charge in [0.1, 0.15) is 6.10 Å². The summed E-state index contributed by atoms with van der Waals surface area (Å²) in [5, 5.41) is 0. The Morgan fingerprint density at radius 1 is 1.47 bits per heavy atom. The van der Waals surface area contributed by atoms with Crippen molar-refractivity contribution in [1.29, 1.82) is 0 Å². The van der Waals surface area contributed by atoms with E-state index in [1.54, 1.807) is 0 Å². The summed E-state index contributed by atoms with van der Waals surface area (Å²) < 4.78 is 10.5. The lowest BCUT2D eigenvalue weighted by molar-refractivity contribution is -0.143. The highest BCUT2D eigenvalue weighted by Crippen LogP contribution is 2.26. The molecule has 0 N–H and O–H groups in total. The fraction of sp³-hybridized carbons (Fsp3) is 0.400. The molecule has 2 atom stereocenters. The average molecular weight is 275 g/mol. The van der Waals surface area contributed by atoms with Gasteiger partial charge in [0, 0.05) is 12.2 Å². The Balaban J connectivity index is 2.95. The number of hydrogen-bond acceptors (Lipinski definition) is 3. The monoisotopic (exact) mass is 275 g/mol. The van der Waals surface area contributed by atoms with Crippen molar-refractivity contribution in [3.05, 3.63) is 48.0 Å². The molecule has 0 saturated heterocycles. The summed E-state index contributed by atoms with van der Waals surface area (Å²) in [7, 11) is 3.05. The summed E-state index contributed by atoms with van der Waals surface area (Å²) in [6, 6.07) is 7.94. The Labute approximate surface area is 118 Å². The number of benzene rings is 1. The van der Waals surface area contributed by atoms with Crippen molar-refractivity contribution in [3.63, 3.8) is 0 Å². The van der Waals surface area contributed by atoms with Gasteiger partial charge in [-0.25, -0.2) is 4.79 Å². The van der Waals surface area contributed by atoms with E-state index in [0.717, 1.165) is 24.0 Å². The zero-order valence-corrected chi connectivity index (χ0v) is 12.4. The van der Waals surface area contributed by atoms with Gasteiger partial charge in [-0.05, 0) is 30.9 Å². The van der Waals surface area contributed by atoms with Crippen LogP contribution >= 0.6 is 0 Å². The molecular formula is C15H19O3Si. The molecule has 4 heteroatoms. The van der Waals surface area contributed by atoms with Gasteiger partial charge in [-0.2, -0.15) is 0 Å². The third kappa shape index (κ3) is 4.65. The Kier molecular flexibility index (Phi) is 6.52. The van der Waals surface area contributed by atoms with Crippen LogP contribution in [0.3, 0.4) is 0 Å². The highest BCUT2D eigenvalue weighted by atomic mass is 28.2. The average Bonchev–Trinajstić information content (AvgIpc) is 2.45. The Bertz CT molecular complexity index is 431. The first-order valence-electron chi connectivity index (χ1n) is 6.35. The van der Waals surface area contributed by atoms with Gasteiger partial charge in [-0.15, -0.1) is 0 Å². The largest absolute Gasteiger partial charge is 0.454 e. The summed E-state index contributed by atoms with van der Waals surface area (Å²) in [6.07, 6.45) is 2.46. The van der Waals surface area contributed by atoms with Gasteiger partial charge >= 0.3 is 5.97 Å². The molecule has 0 bridgehead atoms. The molecule has 0 aromatic heterocycles. The molecule has 1 aromatic rings. The van der Waals surface area contributed by atoms with E-state index >= 15 is 0 Å². The molecule has 3 nitrogen and oxygen atoms in total. The molecule has 2 unspecified atom stereocenters. The maximum Gasteiger partial charge on any atom is 0.330 e. The molecule has 0 aliphatic carbocycles. The molecule has 0 aliphatic heterocycles. The van der Waals surface area contributed by atoms with Crippen LogP contribution in [-0.2, 0) is 20.4 Å². The van der Waals surface area contributed by atoms with Crippen LogP contribution in [-0.4, -0.2) is 22.6 Å². The second-order valence-corrected chi connectivity index (χ2v) is 4.61. The van der Waals surface area contributed by atoms with Crippen LogP contribution in [0.25, 0.3) is 0 Å². The minimum Gasteiger partial charge on any atom is -0.454 e. The molecule has 101 valence electrons. The van der Waals surface area contributed by atoms with Gasteiger partial charge in [0.2, 0.25) is 10.5 Å². The molecule has 3 radical (unpaired) electrons. The summed E-state index contributed by atoms with van der Waals surface area (Å²) >= 11 is 0. The normalized spacial score (nSPS) is 13.6. The van der Waals surface area contributed by atoms with Crippen LogP contribution in [0.2, 0.25) is 0 Å². The smallest absolute Gasteiger partial charge is 0.330 e. The van der Waals surface area contributed by atoms with Crippen LogP contribution in [0.15, 0.2) is 36.9 Å². The third-order valence-corrected chi connectivity index (χ3v) is 3.31. The Hall–Kier alpha value is -1.39. The standard InChI is InChI=1S/C15H19O3Si/c1-4-14(17-15(16)5-2)13-9-7-6-8-12(13)10-11(3)18-19/h5-9,11,14H,2,4,10H2,1,3H3. The summed E-state index contributed by atoms with van der Waals surface area (Å²) in [5.41, 5.74) is 2.15. The van der Waals surface area contributed by atoms with Crippen molar-refractivity contribution in [2.24, 2.45) is 0 Å². The van der Waals surface area contributed by atoms with Crippen LogP contribution in [0.1, 0.15) is 37.5 Å². The van der Waals surface area contributed by atoms with Crippen molar-refractivity contribution < 1.29 is 14.0 Å². The molecule has 0 saturated carbocycles. The highest BCUT2D eigenvalue weighted by molar-refractivity contribution is 5.98. The number of esters is 1. The molecular weight excluding hydrogens is 256 g/mol. The van der Waals surface area contributed by atoms with Crippen LogP contribution in [0, 0.1) is 0 Å². The zero-order valence-electron chi connectivity index (χ0n) is 11.4. The predicted molar refractivity (Wildman–Crippen MR) is 75.8 cm³/mol. The van der Waals surface area contributed by atoms with E-state index in [4.69, 9.17) is 9.16 Å². The van der Waals surface area contributed by atoms with E-state index in [2.05, 4.69) is 17.1 Å². The number of carbonyl (C=O) groups excluding carboxylic acids is 1. The quantitative estimate of drug-likeness (QED) is 0.436. The van der Waals surface area contributed by atoms with Crippen molar-refractivity contribution >= 4 is 16.5 Å². The van der Waals surface area contributed by atoms with Gasteiger partial charge in [0.25, 0.3) is 0 Å². The molecule has 0 fully saturated rings. The van der Waals surface area contributed by atoms with E-state index in [1.165, 1.54) is 6.08 Å². The van der Waals surface area contributed by atoms with E-state index in [-0.39, 0.29) is 12.2 Å². The topological polar surface area (TPSA) is 35.5 Å². The highest BCUT2D eigenvalue weighted by Gasteiger charge is 2.17. The van der Waals surface area contributed by atoms with Crippen LogP contribution < -0.4 is 0 Å². The van der Waals surface area contributed by atoms with E-state index in [0.29, 0.717) is 0 Å². The maximum atomic E-state index is 11.4. The van der Waals surface area contributed by atoms with Crippen LogP contribution in [0.5, 0.6) is 0 Å². The lowest BCUT2D eigenvalue weighted by Gasteiger charge is -2.20. The van der Waals surface area contributed by atoms with Gasteiger partial charge in [0.05, 0.1) is 0 Å². The number of ether oxygens (including phenoxy) is 1. The van der Waals surface area contributed by atoms with Crippen molar-refractivity contribution in [2.45, 2.75) is 38.9 Å². The molecule has 19 heavy (non-hydrogen) atoms. The lowest BCUT2D eigenvalue weighted by atomic mass is 9.97. The third-order valence-electron chi connectivity index (χ3n) is 2.91. The van der Waals surface area contributed by atoms with E-state index in [1.807, 2.05) is 38.1 Å². The molecule has 1 rings (SSSR count). The van der Waals surface area contributed by atoms with E-state index < -0.39 is 5.97 Å². The number of hydrogen-bond donors (Lipinski definition) is 0. The van der Waals surface area contributed by atoms with Gasteiger partial charge in [-0.1, -0.05) is 37.8 Å². The first-order chi connectivity index (χ1) is 9.12. The summed E-state index contributed by atoms with van der Waals surface area (Å²) in [4.78, 5) is 11.4. The number of carbonyl (C=O) groups is 1. The first kappa shape index (κ1) is 15.7. The van der Waals surface area contributed by atoms with Crippen molar-refractivity contribution in [1.82, 2.24) is 0 Å². The molecule has 0 amide bonds. The van der Waals surface area contributed by atoms with Crippen molar-refractivity contribution in [3.8, 4) is 0 Å². The summed E-state index contributed by atoms with van der Waals surface area (Å²) in [6.45, 7) is 7.39. The van der Waals surface area contributed by atoms with Crippen molar-refractivity contribution in [2.75, 3.05) is 0 Å². The van der Waals surface area contributed by atoms with E-state index in [9.17, 15) is 4.79 Å². The first-order valence-corrected chi connectivity index (χ1v) is 6.76. The zero-order chi connectivity index (χ0) is 14.3.